The predicted molar refractivity (Wildman–Crippen MR) is 99.2 cm³/mol. The molecule has 3 rings (SSSR count). The van der Waals surface area contributed by atoms with E-state index in [0.29, 0.717) is 22.1 Å². The molecule has 0 spiro atoms. The molecule has 0 aromatic heterocycles. The van der Waals surface area contributed by atoms with Crippen LogP contribution in [0.2, 0.25) is 0 Å². The molecule has 0 N–H and O–H groups in total. The smallest absolute Gasteiger partial charge is 0.445 e. The topological polar surface area (TPSA) is 79.0 Å². The number of methoxy groups -OCH3 is 1. The number of carbonyl (C=O) groups excluding carboxylic acids is 3. The monoisotopic (exact) mass is 372 g/mol. The summed E-state index contributed by atoms with van der Waals surface area (Å²) in [6.45, 7) is 0. The summed E-state index contributed by atoms with van der Waals surface area (Å²) in [5.74, 6) is 0.216. The summed E-state index contributed by atoms with van der Waals surface area (Å²) in [6.07, 6.45) is 3.27. The van der Waals surface area contributed by atoms with E-state index in [1.54, 1.807) is 50.7 Å². The molecule has 0 aliphatic carbocycles. The third-order valence-electron chi connectivity index (χ3n) is 4.27. The van der Waals surface area contributed by atoms with Crippen molar-refractivity contribution in [1.29, 1.82) is 0 Å². The second kappa shape index (κ2) is 7.25. The molecule has 2 aliphatic heterocycles. The zero-order chi connectivity index (χ0) is 18.8. The van der Waals surface area contributed by atoms with Crippen molar-refractivity contribution in [3.63, 3.8) is 0 Å². The zero-order valence-corrected chi connectivity index (χ0v) is 15.4. The number of ether oxygens (including phenoxy) is 1. The number of urea groups is 1. The van der Waals surface area contributed by atoms with Gasteiger partial charge in [0, 0.05) is 10.5 Å². The van der Waals surface area contributed by atoms with Crippen molar-refractivity contribution < 1.29 is 23.7 Å². The Morgan fingerprint density at radius 1 is 1.31 bits per heavy atom. The number of amides is 3. The minimum Gasteiger partial charge on any atom is -0.497 e. The van der Waals surface area contributed by atoms with Crippen LogP contribution in [0.3, 0.4) is 0 Å². The van der Waals surface area contributed by atoms with Crippen LogP contribution in [-0.2, 0) is 4.79 Å². The van der Waals surface area contributed by atoms with Gasteiger partial charge in [-0.05, 0) is 30.3 Å². The number of Topliss-reactive ketones (excluding diaryl/α,β-unsaturated/α-hetero) is 1. The molecule has 3 amide bonds. The van der Waals surface area contributed by atoms with Gasteiger partial charge in [-0.3, -0.25) is 9.59 Å². The number of thioether (sulfide) groups is 1. The number of nitrogens with zero attached hydrogens (tertiary/aromatic N) is 3. The molecule has 8 heteroatoms. The van der Waals surface area contributed by atoms with E-state index in [1.165, 1.54) is 23.4 Å². The van der Waals surface area contributed by atoms with Crippen molar-refractivity contribution in [2.24, 2.45) is 10.9 Å². The van der Waals surface area contributed by atoms with E-state index in [1.807, 2.05) is 0 Å². The van der Waals surface area contributed by atoms with Crippen molar-refractivity contribution in [3.8, 4) is 5.75 Å². The van der Waals surface area contributed by atoms with Gasteiger partial charge in [0.15, 0.2) is 11.7 Å². The third-order valence-corrected chi connectivity index (χ3v) is 5.38. The number of fused-ring (bicyclic) bond motifs is 1. The maximum Gasteiger partial charge on any atom is 0.445 e. The summed E-state index contributed by atoms with van der Waals surface area (Å²) in [5, 5.41) is 0. The molecule has 7 nitrogen and oxygen atoms in total. The molecule has 1 unspecified atom stereocenters. The van der Waals surface area contributed by atoms with Crippen LogP contribution < -0.4 is 4.74 Å². The van der Waals surface area contributed by atoms with Gasteiger partial charge in [-0.2, -0.15) is 9.48 Å². The van der Waals surface area contributed by atoms with Crippen LogP contribution in [0.25, 0.3) is 0 Å². The maximum atomic E-state index is 12.5. The molecule has 134 valence electrons. The first-order valence-corrected chi connectivity index (χ1v) is 8.89. The van der Waals surface area contributed by atoms with Gasteiger partial charge >= 0.3 is 11.9 Å². The number of aliphatic imine (C=N–C) groups is 1. The fourth-order valence-corrected chi connectivity index (χ4v) is 3.74. The van der Waals surface area contributed by atoms with Crippen LogP contribution in [0.4, 0.5) is 4.79 Å². The SMILES string of the molecule is COc1ccc(C(=O)CSC2=CC=NC3=[N+](C)C(=O)N(C)C(=O)C23)cc1. The third kappa shape index (κ3) is 3.20. The molecule has 1 aromatic carbocycles. The lowest BCUT2D eigenvalue weighted by Crippen LogP contribution is -2.52. The van der Waals surface area contributed by atoms with Crippen LogP contribution in [0.15, 0.2) is 40.2 Å². The Morgan fingerprint density at radius 2 is 2.00 bits per heavy atom. The van der Waals surface area contributed by atoms with E-state index in [9.17, 15) is 14.4 Å². The molecule has 0 radical (unpaired) electrons. The van der Waals surface area contributed by atoms with Crippen LogP contribution in [-0.4, -0.2) is 66.2 Å². The molecule has 2 heterocycles. The number of ketones is 1. The van der Waals surface area contributed by atoms with Gasteiger partial charge in [-0.25, -0.2) is 4.79 Å². The Balaban J connectivity index is 1.76. The summed E-state index contributed by atoms with van der Waals surface area (Å²) in [7, 11) is 4.60. The quantitative estimate of drug-likeness (QED) is 0.582. The molecule has 2 aliphatic rings. The van der Waals surface area contributed by atoms with Crippen LogP contribution in [0, 0.1) is 5.92 Å². The molecule has 26 heavy (non-hydrogen) atoms. The number of imide groups is 1. The molecule has 0 bridgehead atoms. The number of dihydropyridines is 1. The Kier molecular flexibility index (Phi) is 5.03. The largest absolute Gasteiger partial charge is 0.497 e. The first-order valence-electron chi connectivity index (χ1n) is 7.90. The molecule has 1 aromatic rings. The van der Waals surface area contributed by atoms with Crippen molar-refractivity contribution in [3.05, 3.63) is 40.8 Å². The van der Waals surface area contributed by atoms with Crippen LogP contribution in [0.1, 0.15) is 10.4 Å². The van der Waals surface area contributed by atoms with Crippen molar-refractivity contribution in [2.75, 3.05) is 27.0 Å². The van der Waals surface area contributed by atoms with Crippen molar-refractivity contribution >= 4 is 41.5 Å². The van der Waals surface area contributed by atoms with Gasteiger partial charge in [0.1, 0.15) is 12.0 Å². The minimum absolute atomic E-state index is 0.0522. The summed E-state index contributed by atoms with van der Waals surface area (Å²) < 4.78 is 6.45. The van der Waals surface area contributed by atoms with E-state index >= 15 is 0 Å². The van der Waals surface area contributed by atoms with Crippen molar-refractivity contribution in [1.82, 2.24) is 4.90 Å². The average molecular weight is 372 g/mol. The second-order valence-corrected chi connectivity index (χ2v) is 6.87. The Morgan fingerprint density at radius 3 is 2.65 bits per heavy atom. The van der Waals surface area contributed by atoms with Gasteiger partial charge in [0.2, 0.25) is 0 Å². The molecule has 0 fully saturated rings. The van der Waals surface area contributed by atoms with E-state index in [-0.39, 0.29) is 17.4 Å². The lowest BCUT2D eigenvalue weighted by molar-refractivity contribution is -0.407. The first-order chi connectivity index (χ1) is 12.4. The van der Waals surface area contributed by atoms with Crippen molar-refractivity contribution in [2.45, 2.75) is 0 Å². The lowest BCUT2D eigenvalue weighted by atomic mass is 10.0. The number of rotatable bonds is 5. The highest BCUT2D eigenvalue weighted by Gasteiger charge is 2.47. The number of amidine groups is 1. The number of hydrogen-bond donors (Lipinski definition) is 0. The number of hydrogen-bond acceptors (Lipinski definition) is 6. The highest BCUT2D eigenvalue weighted by Crippen LogP contribution is 2.32. The highest BCUT2D eigenvalue weighted by molar-refractivity contribution is 8.03. The summed E-state index contributed by atoms with van der Waals surface area (Å²) in [4.78, 5) is 43.0. The molecule has 0 saturated carbocycles. The predicted octanol–water partition coefficient (Wildman–Crippen LogP) is 1.83. The van der Waals surface area contributed by atoms with E-state index in [4.69, 9.17) is 4.74 Å². The average Bonchev–Trinajstić information content (AvgIpc) is 2.68. The molecular formula is C18H18N3O4S+. The standard InChI is InChI=1S/C18H18N3O4S/c1-20-16-15(17(23)21(2)18(20)24)14(8-9-19-16)26-10-13(22)11-4-6-12(25-3)7-5-11/h4-9,15H,10H2,1-3H3/q+1. The second-order valence-electron chi connectivity index (χ2n) is 5.82. The van der Waals surface area contributed by atoms with Gasteiger partial charge in [0.25, 0.3) is 5.84 Å². The summed E-state index contributed by atoms with van der Waals surface area (Å²) >= 11 is 1.29. The van der Waals surface area contributed by atoms with Gasteiger partial charge in [-0.15, -0.1) is 16.8 Å². The molecule has 1 atom stereocenters. The Labute approximate surface area is 155 Å². The van der Waals surface area contributed by atoms with Gasteiger partial charge in [-0.1, -0.05) is 0 Å². The van der Waals surface area contributed by atoms with Crippen LogP contribution >= 0.6 is 11.8 Å². The Bertz CT molecular complexity index is 871. The van der Waals surface area contributed by atoms with Gasteiger partial charge in [0.05, 0.1) is 27.0 Å². The Hall–Kier alpha value is -2.74. The van der Waals surface area contributed by atoms with Crippen LogP contribution in [0.5, 0.6) is 5.75 Å². The summed E-state index contributed by atoms with van der Waals surface area (Å²) in [5.41, 5.74) is 0.576. The summed E-state index contributed by atoms with van der Waals surface area (Å²) in [6, 6.07) is 6.47. The molecular weight excluding hydrogens is 354 g/mol. The normalized spacial score (nSPS) is 19.4. The molecule has 0 saturated heterocycles. The van der Waals surface area contributed by atoms with E-state index < -0.39 is 11.9 Å². The minimum atomic E-state index is -0.652. The van der Waals surface area contributed by atoms with E-state index in [0.717, 1.165) is 4.90 Å². The zero-order valence-electron chi connectivity index (χ0n) is 14.6. The number of allylic oxidation sites excluding steroid dienone is 1. The van der Waals surface area contributed by atoms with Gasteiger partial charge < -0.3 is 4.74 Å². The fraction of sp³-hybridized carbons (Fsp3) is 0.278. The maximum absolute atomic E-state index is 12.5. The fourth-order valence-electron chi connectivity index (χ4n) is 2.75. The lowest BCUT2D eigenvalue weighted by Gasteiger charge is -2.26. The first kappa shape index (κ1) is 18.1. The number of carbonyl (C=O) groups is 3. The highest BCUT2D eigenvalue weighted by atomic mass is 32.2. The van der Waals surface area contributed by atoms with E-state index in [2.05, 4.69) is 4.99 Å². The number of benzene rings is 1.